The van der Waals surface area contributed by atoms with Crippen molar-refractivity contribution in [1.82, 2.24) is 19.8 Å². The summed E-state index contributed by atoms with van der Waals surface area (Å²) < 4.78 is 2.09. The standard InChI is InChI=1S/C14H26N4/c1-17(12-14-16-9-11-18(14)2)10-8-15-13-6-4-3-5-7-13/h9,11,13,15H,3-8,10,12H2,1-2H3. The Morgan fingerprint density at radius 3 is 2.83 bits per heavy atom. The number of hydrogen-bond acceptors (Lipinski definition) is 3. The Kier molecular flexibility index (Phi) is 5.20. The maximum atomic E-state index is 4.35. The summed E-state index contributed by atoms with van der Waals surface area (Å²) in [6.07, 6.45) is 10.8. The van der Waals surface area contributed by atoms with Crippen LogP contribution in [0.2, 0.25) is 0 Å². The van der Waals surface area contributed by atoms with Crippen LogP contribution in [0.15, 0.2) is 12.4 Å². The summed E-state index contributed by atoms with van der Waals surface area (Å²) in [5.74, 6) is 1.13. The van der Waals surface area contributed by atoms with Crippen molar-refractivity contribution in [2.75, 3.05) is 20.1 Å². The van der Waals surface area contributed by atoms with E-state index in [0.717, 1.165) is 31.5 Å². The quantitative estimate of drug-likeness (QED) is 0.835. The topological polar surface area (TPSA) is 33.1 Å². The molecule has 0 bridgehead atoms. The molecule has 0 unspecified atom stereocenters. The van der Waals surface area contributed by atoms with Crippen molar-refractivity contribution in [2.45, 2.75) is 44.7 Å². The van der Waals surface area contributed by atoms with Gasteiger partial charge in [0.1, 0.15) is 5.82 Å². The van der Waals surface area contributed by atoms with Gasteiger partial charge >= 0.3 is 0 Å². The van der Waals surface area contributed by atoms with Crippen molar-refractivity contribution < 1.29 is 0 Å². The molecule has 0 saturated heterocycles. The number of rotatable bonds is 6. The molecule has 0 amide bonds. The van der Waals surface area contributed by atoms with Gasteiger partial charge in [0.25, 0.3) is 0 Å². The van der Waals surface area contributed by atoms with Gasteiger partial charge in [-0.25, -0.2) is 4.98 Å². The number of aryl methyl sites for hydroxylation is 1. The van der Waals surface area contributed by atoms with Gasteiger partial charge in [-0.2, -0.15) is 0 Å². The zero-order valence-electron chi connectivity index (χ0n) is 11.7. The summed E-state index contributed by atoms with van der Waals surface area (Å²) in [6.45, 7) is 3.10. The Morgan fingerprint density at radius 2 is 2.17 bits per heavy atom. The Balaban J connectivity index is 1.62. The Bertz CT molecular complexity index is 341. The fourth-order valence-corrected chi connectivity index (χ4v) is 2.64. The van der Waals surface area contributed by atoms with Gasteiger partial charge in [-0.15, -0.1) is 0 Å². The van der Waals surface area contributed by atoms with E-state index in [1.807, 2.05) is 12.4 Å². The van der Waals surface area contributed by atoms with Gasteiger partial charge in [0.2, 0.25) is 0 Å². The molecule has 1 fully saturated rings. The van der Waals surface area contributed by atoms with Crippen molar-refractivity contribution >= 4 is 0 Å². The third-order valence-corrected chi connectivity index (χ3v) is 3.86. The molecule has 1 aliphatic carbocycles. The van der Waals surface area contributed by atoms with E-state index in [2.05, 4.69) is 33.9 Å². The van der Waals surface area contributed by atoms with Crippen LogP contribution in [0.25, 0.3) is 0 Å². The van der Waals surface area contributed by atoms with Crippen LogP contribution in [-0.4, -0.2) is 40.6 Å². The van der Waals surface area contributed by atoms with Crippen LogP contribution in [0.1, 0.15) is 37.9 Å². The van der Waals surface area contributed by atoms with Crippen LogP contribution >= 0.6 is 0 Å². The van der Waals surface area contributed by atoms with Gasteiger partial charge < -0.3 is 9.88 Å². The predicted octanol–water partition coefficient (Wildman–Crippen LogP) is 1.77. The SMILES string of the molecule is CN(CCNC1CCCCC1)Cc1nccn1C. The average Bonchev–Trinajstić information content (AvgIpc) is 2.76. The molecule has 0 aromatic carbocycles. The van der Waals surface area contributed by atoms with E-state index < -0.39 is 0 Å². The highest BCUT2D eigenvalue weighted by Gasteiger charge is 2.12. The fraction of sp³-hybridized carbons (Fsp3) is 0.786. The Labute approximate surface area is 110 Å². The number of hydrogen-bond donors (Lipinski definition) is 1. The first-order valence-electron chi connectivity index (χ1n) is 7.14. The first-order valence-corrected chi connectivity index (χ1v) is 7.14. The van der Waals surface area contributed by atoms with E-state index in [9.17, 15) is 0 Å². The number of imidazole rings is 1. The van der Waals surface area contributed by atoms with E-state index in [-0.39, 0.29) is 0 Å². The summed E-state index contributed by atoms with van der Waals surface area (Å²) in [5, 5.41) is 3.68. The second-order valence-corrected chi connectivity index (χ2v) is 5.48. The lowest BCUT2D eigenvalue weighted by Crippen LogP contribution is -2.37. The molecule has 0 aliphatic heterocycles. The third-order valence-electron chi connectivity index (χ3n) is 3.86. The molecule has 4 heteroatoms. The molecule has 1 saturated carbocycles. The molecule has 18 heavy (non-hydrogen) atoms. The molecule has 1 heterocycles. The maximum Gasteiger partial charge on any atom is 0.122 e. The average molecular weight is 250 g/mol. The summed E-state index contributed by atoms with van der Waals surface area (Å²) in [7, 11) is 4.22. The smallest absolute Gasteiger partial charge is 0.122 e. The highest BCUT2D eigenvalue weighted by atomic mass is 15.2. The first-order chi connectivity index (χ1) is 8.75. The molecule has 0 spiro atoms. The lowest BCUT2D eigenvalue weighted by molar-refractivity contribution is 0.293. The molecule has 1 N–H and O–H groups in total. The maximum absolute atomic E-state index is 4.35. The van der Waals surface area contributed by atoms with Gasteiger partial charge in [-0.1, -0.05) is 19.3 Å². The van der Waals surface area contributed by atoms with E-state index in [1.54, 1.807) is 0 Å². The van der Waals surface area contributed by atoms with Crippen LogP contribution in [0.3, 0.4) is 0 Å². The monoisotopic (exact) mass is 250 g/mol. The van der Waals surface area contributed by atoms with E-state index in [1.165, 1.54) is 32.1 Å². The lowest BCUT2D eigenvalue weighted by Gasteiger charge is -2.24. The molecular formula is C14H26N4. The van der Waals surface area contributed by atoms with Crippen molar-refractivity contribution in [3.05, 3.63) is 18.2 Å². The highest BCUT2D eigenvalue weighted by Crippen LogP contribution is 2.16. The molecule has 1 aromatic heterocycles. The van der Waals surface area contributed by atoms with E-state index in [4.69, 9.17) is 0 Å². The van der Waals surface area contributed by atoms with Crippen LogP contribution < -0.4 is 5.32 Å². The number of likely N-dealkylation sites (N-methyl/N-ethyl adjacent to an activating group) is 1. The number of nitrogens with zero attached hydrogens (tertiary/aromatic N) is 3. The van der Waals surface area contributed by atoms with E-state index in [0.29, 0.717) is 0 Å². The second kappa shape index (κ2) is 6.90. The van der Waals surface area contributed by atoms with E-state index >= 15 is 0 Å². The Morgan fingerprint density at radius 1 is 1.39 bits per heavy atom. The zero-order valence-corrected chi connectivity index (χ0v) is 11.7. The van der Waals surface area contributed by atoms with Crippen molar-refractivity contribution in [1.29, 1.82) is 0 Å². The first kappa shape index (κ1) is 13.6. The summed E-state index contributed by atoms with van der Waals surface area (Å²) in [4.78, 5) is 6.69. The Hall–Kier alpha value is -0.870. The minimum atomic E-state index is 0.764. The second-order valence-electron chi connectivity index (χ2n) is 5.48. The summed E-state index contributed by atoms with van der Waals surface area (Å²) in [6, 6.07) is 0.764. The largest absolute Gasteiger partial charge is 0.337 e. The highest BCUT2D eigenvalue weighted by molar-refractivity contribution is 4.90. The van der Waals surface area contributed by atoms with Gasteiger partial charge in [0.05, 0.1) is 6.54 Å². The summed E-state index contributed by atoms with van der Waals surface area (Å²) >= 11 is 0. The molecule has 1 aliphatic rings. The summed E-state index contributed by atoms with van der Waals surface area (Å²) in [5.41, 5.74) is 0. The van der Waals surface area contributed by atoms with Crippen LogP contribution in [0, 0.1) is 0 Å². The van der Waals surface area contributed by atoms with Crippen molar-refractivity contribution in [3.8, 4) is 0 Å². The van der Waals surface area contributed by atoms with Gasteiger partial charge in [0, 0.05) is 38.6 Å². The molecule has 0 atom stereocenters. The molecule has 1 aromatic rings. The normalized spacial score (nSPS) is 17.5. The van der Waals surface area contributed by atoms with Crippen LogP contribution in [0.4, 0.5) is 0 Å². The molecule has 2 rings (SSSR count). The van der Waals surface area contributed by atoms with Crippen LogP contribution in [-0.2, 0) is 13.6 Å². The molecular weight excluding hydrogens is 224 g/mol. The number of aromatic nitrogens is 2. The molecule has 4 nitrogen and oxygen atoms in total. The van der Waals surface area contributed by atoms with Crippen molar-refractivity contribution in [3.63, 3.8) is 0 Å². The van der Waals surface area contributed by atoms with Crippen molar-refractivity contribution in [2.24, 2.45) is 7.05 Å². The molecule has 0 radical (unpaired) electrons. The van der Waals surface area contributed by atoms with Crippen LogP contribution in [0.5, 0.6) is 0 Å². The fourth-order valence-electron chi connectivity index (χ4n) is 2.64. The minimum absolute atomic E-state index is 0.764. The lowest BCUT2D eigenvalue weighted by atomic mass is 9.95. The van der Waals surface area contributed by atoms with Gasteiger partial charge in [-0.3, -0.25) is 4.90 Å². The molecule has 102 valence electrons. The third kappa shape index (κ3) is 4.10. The minimum Gasteiger partial charge on any atom is -0.337 e. The number of nitrogens with one attached hydrogen (secondary N) is 1. The predicted molar refractivity (Wildman–Crippen MR) is 74.4 cm³/mol. The van der Waals surface area contributed by atoms with Gasteiger partial charge in [0.15, 0.2) is 0 Å². The zero-order chi connectivity index (χ0) is 12.8. The van der Waals surface area contributed by atoms with Gasteiger partial charge in [-0.05, 0) is 19.9 Å².